The van der Waals surface area contributed by atoms with Crippen LogP contribution in [0.2, 0.25) is 0 Å². The topological polar surface area (TPSA) is 68.0 Å². The Hall–Kier alpha value is -2.33. The van der Waals surface area contributed by atoms with E-state index in [1.165, 1.54) is 6.08 Å². The fraction of sp³-hybridized carbons (Fsp3) is 0. The largest absolute Gasteiger partial charge is 0.399 e. The van der Waals surface area contributed by atoms with Gasteiger partial charge in [-0.25, -0.2) is 0 Å². The summed E-state index contributed by atoms with van der Waals surface area (Å²) in [6.45, 7) is 0. The summed E-state index contributed by atoms with van der Waals surface area (Å²) >= 11 is 0. The van der Waals surface area contributed by atoms with Gasteiger partial charge in [-0.2, -0.15) is 0 Å². The Labute approximate surface area is 117 Å². The first-order valence-corrected chi connectivity index (χ1v) is 5.49. The first-order chi connectivity index (χ1) is 8.74. The molecule has 0 aliphatic heterocycles. The molecule has 1 amide bonds. The minimum Gasteiger partial charge on any atom is -0.399 e. The maximum Gasteiger partial charge on any atom is 0.248 e. The van der Waals surface area contributed by atoms with E-state index in [1.54, 1.807) is 42.7 Å². The van der Waals surface area contributed by atoms with Crippen LogP contribution in [0.5, 0.6) is 0 Å². The Bertz CT molecular complexity index is 553. The van der Waals surface area contributed by atoms with Crippen LogP contribution in [-0.2, 0) is 4.79 Å². The van der Waals surface area contributed by atoms with Gasteiger partial charge in [0.1, 0.15) is 0 Å². The molecule has 4 nitrogen and oxygen atoms in total. The number of benzene rings is 1. The zero-order valence-electron chi connectivity index (χ0n) is 10.1. The third-order valence-electron chi connectivity index (χ3n) is 2.29. The van der Waals surface area contributed by atoms with Crippen molar-refractivity contribution in [3.8, 4) is 0 Å². The van der Waals surface area contributed by atoms with Crippen LogP contribution >= 0.6 is 12.4 Å². The van der Waals surface area contributed by atoms with Crippen LogP contribution in [0.4, 0.5) is 11.4 Å². The number of nitrogen functional groups attached to an aromatic ring is 1. The molecule has 2 aromatic rings. The molecule has 0 bridgehead atoms. The molecule has 5 heteroatoms. The zero-order chi connectivity index (χ0) is 12.8. The van der Waals surface area contributed by atoms with E-state index in [-0.39, 0.29) is 18.3 Å². The van der Waals surface area contributed by atoms with E-state index in [9.17, 15) is 4.79 Å². The second kappa shape index (κ2) is 7.18. The first-order valence-electron chi connectivity index (χ1n) is 5.49. The number of amides is 1. The summed E-state index contributed by atoms with van der Waals surface area (Å²) in [5, 5.41) is 2.74. The number of carbonyl (C=O) groups excluding carboxylic acids is 1. The zero-order valence-corrected chi connectivity index (χ0v) is 10.9. The molecule has 1 aromatic heterocycles. The number of hydrogen-bond acceptors (Lipinski definition) is 3. The average Bonchev–Trinajstić information content (AvgIpc) is 2.40. The van der Waals surface area contributed by atoms with Gasteiger partial charge >= 0.3 is 0 Å². The van der Waals surface area contributed by atoms with Crippen LogP contribution in [0.15, 0.2) is 54.9 Å². The number of pyridine rings is 1. The lowest BCUT2D eigenvalue weighted by Gasteiger charge is -2.01. The van der Waals surface area contributed by atoms with Gasteiger partial charge in [0.2, 0.25) is 5.91 Å². The van der Waals surface area contributed by atoms with Crippen molar-refractivity contribution in [3.05, 3.63) is 60.4 Å². The molecule has 3 N–H and O–H groups in total. The predicted molar refractivity (Wildman–Crippen MR) is 80.0 cm³/mol. The summed E-state index contributed by atoms with van der Waals surface area (Å²) in [6, 6.07) is 10.7. The minimum absolute atomic E-state index is 0. The predicted octanol–water partition coefficient (Wildman–Crippen LogP) is 2.74. The smallest absolute Gasteiger partial charge is 0.248 e. The maximum atomic E-state index is 11.6. The molecular weight excluding hydrogens is 262 g/mol. The van der Waals surface area contributed by atoms with E-state index in [2.05, 4.69) is 10.3 Å². The van der Waals surface area contributed by atoms with Crippen LogP contribution in [0.25, 0.3) is 6.08 Å². The molecule has 0 radical (unpaired) electrons. The Kier molecular flexibility index (Phi) is 5.57. The molecule has 0 spiro atoms. The Morgan fingerprint density at radius 2 is 1.95 bits per heavy atom. The van der Waals surface area contributed by atoms with E-state index in [1.807, 2.05) is 12.1 Å². The molecule has 0 atom stereocenters. The van der Waals surface area contributed by atoms with Gasteiger partial charge in [0.05, 0.1) is 0 Å². The molecule has 0 saturated carbocycles. The summed E-state index contributed by atoms with van der Waals surface area (Å²) in [5.41, 5.74) is 7.82. The summed E-state index contributed by atoms with van der Waals surface area (Å²) < 4.78 is 0. The van der Waals surface area contributed by atoms with Gasteiger partial charge in [-0.05, 0) is 42.0 Å². The first kappa shape index (κ1) is 14.7. The fourth-order valence-electron chi connectivity index (χ4n) is 1.40. The Morgan fingerprint density at radius 1 is 1.21 bits per heavy atom. The van der Waals surface area contributed by atoms with Gasteiger partial charge in [0.25, 0.3) is 0 Å². The van der Waals surface area contributed by atoms with E-state index < -0.39 is 0 Å². The number of halogens is 1. The summed E-state index contributed by atoms with van der Waals surface area (Å²) in [5.74, 6) is -0.191. The number of hydrogen-bond donors (Lipinski definition) is 2. The fourth-order valence-corrected chi connectivity index (χ4v) is 1.40. The Morgan fingerprint density at radius 3 is 2.58 bits per heavy atom. The molecule has 0 fully saturated rings. The van der Waals surface area contributed by atoms with Crippen molar-refractivity contribution in [2.75, 3.05) is 11.1 Å². The second-order valence-corrected chi connectivity index (χ2v) is 3.73. The van der Waals surface area contributed by atoms with Crippen molar-refractivity contribution in [2.24, 2.45) is 0 Å². The molecule has 0 aliphatic rings. The van der Waals surface area contributed by atoms with Gasteiger partial charge in [0.15, 0.2) is 0 Å². The number of anilines is 2. The van der Waals surface area contributed by atoms with Crippen molar-refractivity contribution in [3.63, 3.8) is 0 Å². The monoisotopic (exact) mass is 275 g/mol. The quantitative estimate of drug-likeness (QED) is 0.668. The van der Waals surface area contributed by atoms with Gasteiger partial charge < -0.3 is 11.1 Å². The highest BCUT2D eigenvalue weighted by molar-refractivity contribution is 6.01. The van der Waals surface area contributed by atoms with Crippen LogP contribution in [0.1, 0.15) is 5.56 Å². The van der Waals surface area contributed by atoms with E-state index >= 15 is 0 Å². The van der Waals surface area contributed by atoms with Gasteiger partial charge in [0, 0.05) is 29.8 Å². The molecule has 1 aromatic carbocycles. The standard InChI is InChI=1S/C14H13N3O.ClH/c15-12-4-6-13(7-5-12)17-14(18)8-3-11-2-1-9-16-10-11;/h1-10H,15H2,(H,17,18);1H. The number of nitrogens with one attached hydrogen (secondary N) is 1. The molecule has 0 aliphatic carbocycles. The van der Waals surface area contributed by atoms with Gasteiger partial charge in [-0.1, -0.05) is 6.07 Å². The van der Waals surface area contributed by atoms with Gasteiger partial charge in [-0.3, -0.25) is 9.78 Å². The number of aromatic nitrogens is 1. The third kappa shape index (κ3) is 4.81. The highest BCUT2D eigenvalue weighted by Crippen LogP contribution is 2.10. The normalized spacial score (nSPS) is 9.89. The van der Waals surface area contributed by atoms with Crippen molar-refractivity contribution in [1.29, 1.82) is 0 Å². The lowest BCUT2D eigenvalue weighted by Crippen LogP contribution is -2.07. The van der Waals surface area contributed by atoms with Crippen molar-refractivity contribution in [2.45, 2.75) is 0 Å². The minimum atomic E-state index is -0.191. The van der Waals surface area contributed by atoms with E-state index in [0.29, 0.717) is 11.4 Å². The second-order valence-electron chi connectivity index (χ2n) is 3.73. The van der Waals surface area contributed by atoms with E-state index in [0.717, 1.165) is 5.56 Å². The third-order valence-corrected chi connectivity index (χ3v) is 2.29. The number of carbonyl (C=O) groups is 1. The van der Waals surface area contributed by atoms with Crippen molar-refractivity contribution >= 4 is 35.8 Å². The molecular formula is C14H14ClN3O. The highest BCUT2D eigenvalue weighted by Gasteiger charge is 1.97. The Balaban J connectivity index is 0.00000180. The summed E-state index contributed by atoms with van der Waals surface area (Å²) in [4.78, 5) is 15.6. The SMILES string of the molecule is Cl.Nc1ccc(NC(=O)C=Cc2cccnc2)cc1. The number of rotatable bonds is 3. The molecule has 0 unspecified atom stereocenters. The number of nitrogens with zero attached hydrogens (tertiary/aromatic N) is 1. The lowest BCUT2D eigenvalue weighted by atomic mass is 10.2. The molecule has 2 rings (SSSR count). The van der Waals surface area contributed by atoms with Crippen LogP contribution < -0.4 is 11.1 Å². The summed E-state index contributed by atoms with van der Waals surface area (Å²) in [7, 11) is 0. The maximum absolute atomic E-state index is 11.6. The molecule has 0 saturated heterocycles. The van der Waals surface area contributed by atoms with Crippen molar-refractivity contribution in [1.82, 2.24) is 4.98 Å². The average molecular weight is 276 g/mol. The number of nitrogens with two attached hydrogens (primary N) is 1. The molecule has 19 heavy (non-hydrogen) atoms. The van der Waals surface area contributed by atoms with Crippen LogP contribution in [-0.4, -0.2) is 10.9 Å². The van der Waals surface area contributed by atoms with E-state index in [4.69, 9.17) is 5.73 Å². The lowest BCUT2D eigenvalue weighted by molar-refractivity contribution is -0.111. The van der Waals surface area contributed by atoms with Crippen molar-refractivity contribution < 1.29 is 4.79 Å². The summed E-state index contributed by atoms with van der Waals surface area (Å²) in [6.07, 6.45) is 6.55. The van der Waals surface area contributed by atoms with Crippen LogP contribution in [0.3, 0.4) is 0 Å². The molecule has 1 heterocycles. The highest BCUT2D eigenvalue weighted by atomic mass is 35.5. The van der Waals surface area contributed by atoms with Crippen LogP contribution in [0, 0.1) is 0 Å². The molecule has 98 valence electrons. The van der Waals surface area contributed by atoms with Gasteiger partial charge in [-0.15, -0.1) is 12.4 Å².